The maximum atomic E-state index is 5.94. The summed E-state index contributed by atoms with van der Waals surface area (Å²) < 4.78 is 11.3. The predicted molar refractivity (Wildman–Crippen MR) is 107 cm³/mol. The van der Waals surface area contributed by atoms with Crippen LogP contribution in [0.25, 0.3) is 11.3 Å². The number of anilines is 1. The zero-order chi connectivity index (χ0) is 18.5. The number of hydrogen-bond acceptors (Lipinski definition) is 5. The zero-order valence-corrected chi connectivity index (χ0v) is 15.8. The van der Waals surface area contributed by atoms with Crippen LogP contribution in [0.3, 0.4) is 0 Å². The van der Waals surface area contributed by atoms with Crippen molar-refractivity contribution in [1.82, 2.24) is 9.88 Å². The lowest BCUT2D eigenvalue weighted by Gasteiger charge is -2.27. The number of morpholine rings is 1. The number of ether oxygens (including phenoxy) is 1. The van der Waals surface area contributed by atoms with Gasteiger partial charge in [0.05, 0.1) is 26.0 Å². The van der Waals surface area contributed by atoms with Gasteiger partial charge in [-0.2, -0.15) is 0 Å². The van der Waals surface area contributed by atoms with Crippen molar-refractivity contribution in [3.05, 3.63) is 71.2 Å². The van der Waals surface area contributed by atoms with Crippen LogP contribution in [0.2, 0.25) is 5.02 Å². The van der Waals surface area contributed by atoms with E-state index in [0.717, 1.165) is 49.9 Å². The van der Waals surface area contributed by atoms with Crippen molar-refractivity contribution in [1.29, 1.82) is 0 Å². The van der Waals surface area contributed by atoms with Crippen LogP contribution in [0.5, 0.6) is 0 Å². The van der Waals surface area contributed by atoms with E-state index >= 15 is 0 Å². The van der Waals surface area contributed by atoms with Gasteiger partial charge in [0.15, 0.2) is 5.76 Å². The molecule has 4 rings (SSSR count). The van der Waals surface area contributed by atoms with Crippen molar-refractivity contribution in [2.24, 2.45) is 0 Å². The zero-order valence-electron chi connectivity index (χ0n) is 15.0. The van der Waals surface area contributed by atoms with Gasteiger partial charge in [0.2, 0.25) is 5.89 Å². The van der Waals surface area contributed by atoms with Gasteiger partial charge in [0.25, 0.3) is 0 Å². The van der Waals surface area contributed by atoms with Crippen LogP contribution >= 0.6 is 11.6 Å². The molecular weight excluding hydrogens is 362 g/mol. The Hall–Kier alpha value is -2.34. The van der Waals surface area contributed by atoms with Gasteiger partial charge < -0.3 is 14.5 Å². The Bertz CT molecular complexity index is 873. The number of halogens is 1. The van der Waals surface area contributed by atoms with Crippen LogP contribution in [-0.4, -0.2) is 36.2 Å². The number of nitrogens with one attached hydrogen (secondary N) is 1. The van der Waals surface area contributed by atoms with Gasteiger partial charge in [-0.15, -0.1) is 0 Å². The standard InChI is InChI=1S/C21H22ClN3O2/c22-18-7-5-16(6-8-18)20-13-24-21(27-20)14-23-19-4-2-1-3-17(19)15-25-9-11-26-12-10-25/h1-8,13,23H,9-12,14-15H2. The van der Waals surface area contributed by atoms with Crippen LogP contribution in [0.1, 0.15) is 11.5 Å². The van der Waals surface area contributed by atoms with Crippen LogP contribution in [0.4, 0.5) is 5.69 Å². The number of aromatic nitrogens is 1. The summed E-state index contributed by atoms with van der Waals surface area (Å²) >= 11 is 5.94. The first-order valence-electron chi connectivity index (χ1n) is 9.10. The Kier molecular flexibility index (Phi) is 5.72. The molecule has 0 atom stereocenters. The summed E-state index contributed by atoms with van der Waals surface area (Å²) in [6, 6.07) is 15.9. The molecule has 3 aromatic rings. The van der Waals surface area contributed by atoms with E-state index in [1.165, 1.54) is 5.56 Å². The fraction of sp³-hybridized carbons (Fsp3) is 0.286. The minimum atomic E-state index is 0.535. The lowest BCUT2D eigenvalue weighted by atomic mass is 10.1. The van der Waals surface area contributed by atoms with E-state index in [1.807, 2.05) is 30.3 Å². The molecule has 0 radical (unpaired) electrons. The first kappa shape index (κ1) is 18.0. The smallest absolute Gasteiger partial charge is 0.214 e. The monoisotopic (exact) mass is 383 g/mol. The first-order chi connectivity index (χ1) is 13.3. The van der Waals surface area contributed by atoms with Gasteiger partial charge in [-0.1, -0.05) is 29.8 Å². The minimum Gasteiger partial charge on any atom is -0.439 e. The molecule has 140 valence electrons. The maximum Gasteiger partial charge on any atom is 0.214 e. The molecule has 0 saturated carbocycles. The number of para-hydroxylation sites is 1. The predicted octanol–water partition coefficient (Wildman–Crippen LogP) is 4.44. The Balaban J connectivity index is 1.41. The van der Waals surface area contributed by atoms with Crippen molar-refractivity contribution < 1.29 is 9.15 Å². The average molecular weight is 384 g/mol. The molecule has 1 aromatic heterocycles. The van der Waals surface area contributed by atoms with Crippen LogP contribution in [0.15, 0.2) is 59.1 Å². The summed E-state index contributed by atoms with van der Waals surface area (Å²) in [7, 11) is 0. The summed E-state index contributed by atoms with van der Waals surface area (Å²) in [4.78, 5) is 6.80. The van der Waals surface area contributed by atoms with E-state index < -0.39 is 0 Å². The molecule has 0 unspecified atom stereocenters. The van der Waals surface area contributed by atoms with Gasteiger partial charge in [-0.3, -0.25) is 4.90 Å². The highest BCUT2D eigenvalue weighted by Crippen LogP contribution is 2.23. The molecule has 1 aliphatic heterocycles. The summed E-state index contributed by atoms with van der Waals surface area (Å²) in [5.41, 5.74) is 3.34. The molecule has 0 spiro atoms. The lowest BCUT2D eigenvalue weighted by Crippen LogP contribution is -2.35. The molecule has 2 aromatic carbocycles. The van der Waals surface area contributed by atoms with E-state index in [-0.39, 0.29) is 0 Å². The van der Waals surface area contributed by atoms with Crippen molar-refractivity contribution in [3.63, 3.8) is 0 Å². The van der Waals surface area contributed by atoms with Crippen LogP contribution < -0.4 is 5.32 Å². The molecule has 1 fully saturated rings. The molecule has 1 aliphatic rings. The SMILES string of the molecule is Clc1ccc(-c2cnc(CNc3ccccc3CN3CCOCC3)o2)cc1. The Morgan fingerprint density at radius 1 is 1.04 bits per heavy atom. The summed E-state index contributed by atoms with van der Waals surface area (Å²) in [6.07, 6.45) is 1.75. The molecule has 0 amide bonds. The molecular formula is C21H22ClN3O2. The van der Waals surface area contributed by atoms with E-state index in [4.69, 9.17) is 20.8 Å². The second-order valence-electron chi connectivity index (χ2n) is 6.52. The van der Waals surface area contributed by atoms with Crippen molar-refractivity contribution in [2.45, 2.75) is 13.1 Å². The molecule has 6 heteroatoms. The number of hydrogen-bond donors (Lipinski definition) is 1. The van der Waals surface area contributed by atoms with Gasteiger partial charge in [-0.05, 0) is 35.9 Å². The molecule has 5 nitrogen and oxygen atoms in total. The third-order valence-corrected chi connectivity index (χ3v) is 4.88. The lowest BCUT2D eigenvalue weighted by molar-refractivity contribution is 0.0342. The van der Waals surface area contributed by atoms with Gasteiger partial charge in [-0.25, -0.2) is 4.98 Å². The second-order valence-corrected chi connectivity index (χ2v) is 6.96. The summed E-state index contributed by atoms with van der Waals surface area (Å²) in [5.74, 6) is 1.39. The van der Waals surface area contributed by atoms with Crippen LogP contribution in [-0.2, 0) is 17.8 Å². The molecule has 27 heavy (non-hydrogen) atoms. The van der Waals surface area contributed by atoms with E-state index in [2.05, 4.69) is 33.4 Å². The normalized spacial score (nSPS) is 15.0. The fourth-order valence-corrected chi connectivity index (χ4v) is 3.27. The Labute approximate surface area is 163 Å². The number of nitrogens with zero attached hydrogens (tertiary/aromatic N) is 2. The molecule has 0 bridgehead atoms. The fourth-order valence-electron chi connectivity index (χ4n) is 3.14. The third kappa shape index (κ3) is 4.69. The number of benzene rings is 2. The molecule has 0 aliphatic carbocycles. The molecule has 1 N–H and O–H groups in total. The molecule has 2 heterocycles. The quantitative estimate of drug-likeness (QED) is 0.682. The first-order valence-corrected chi connectivity index (χ1v) is 9.48. The Morgan fingerprint density at radius 3 is 2.63 bits per heavy atom. The van der Waals surface area contributed by atoms with Crippen molar-refractivity contribution in [3.8, 4) is 11.3 Å². The second kappa shape index (κ2) is 8.57. The molecule has 1 saturated heterocycles. The number of rotatable bonds is 6. The van der Waals surface area contributed by atoms with Crippen molar-refractivity contribution in [2.75, 3.05) is 31.6 Å². The Morgan fingerprint density at radius 2 is 1.81 bits per heavy atom. The highest BCUT2D eigenvalue weighted by Gasteiger charge is 2.13. The van der Waals surface area contributed by atoms with E-state index in [0.29, 0.717) is 17.5 Å². The number of oxazole rings is 1. The topological polar surface area (TPSA) is 50.5 Å². The van der Waals surface area contributed by atoms with Gasteiger partial charge in [0, 0.05) is 35.9 Å². The van der Waals surface area contributed by atoms with Crippen molar-refractivity contribution >= 4 is 17.3 Å². The third-order valence-electron chi connectivity index (χ3n) is 4.63. The highest BCUT2D eigenvalue weighted by molar-refractivity contribution is 6.30. The van der Waals surface area contributed by atoms with Crippen LogP contribution in [0, 0.1) is 0 Å². The van der Waals surface area contributed by atoms with Gasteiger partial charge in [0.1, 0.15) is 0 Å². The van der Waals surface area contributed by atoms with Gasteiger partial charge >= 0.3 is 0 Å². The largest absolute Gasteiger partial charge is 0.439 e. The van der Waals surface area contributed by atoms with E-state index in [1.54, 1.807) is 6.20 Å². The summed E-state index contributed by atoms with van der Waals surface area (Å²) in [6.45, 7) is 5.00. The minimum absolute atomic E-state index is 0.535. The highest BCUT2D eigenvalue weighted by atomic mass is 35.5. The maximum absolute atomic E-state index is 5.94. The average Bonchev–Trinajstić information content (AvgIpc) is 3.18. The van der Waals surface area contributed by atoms with E-state index in [9.17, 15) is 0 Å². The summed E-state index contributed by atoms with van der Waals surface area (Å²) in [5, 5.41) is 4.16.